The van der Waals surface area contributed by atoms with E-state index in [4.69, 9.17) is 10.00 Å². The van der Waals surface area contributed by atoms with Crippen molar-refractivity contribution in [3.63, 3.8) is 0 Å². The highest BCUT2D eigenvalue weighted by atomic mass is 32.2. The van der Waals surface area contributed by atoms with Crippen molar-refractivity contribution >= 4 is 10.0 Å². The van der Waals surface area contributed by atoms with Crippen LogP contribution in [0.2, 0.25) is 0 Å². The molecule has 2 rings (SSSR count). The number of morpholine rings is 1. The maximum Gasteiger partial charge on any atom is 0.243 e. The summed E-state index contributed by atoms with van der Waals surface area (Å²) in [7, 11) is -1.69. The van der Waals surface area contributed by atoms with Crippen LogP contribution < -0.4 is 5.32 Å². The van der Waals surface area contributed by atoms with Gasteiger partial charge in [0.15, 0.2) is 0 Å². The topological polar surface area (TPSA) is 82.4 Å². The Kier molecular flexibility index (Phi) is 5.31. The van der Waals surface area contributed by atoms with Crippen LogP contribution >= 0.6 is 0 Å². The number of rotatable bonds is 5. The predicted molar refractivity (Wildman–Crippen MR) is 78.2 cm³/mol. The second-order valence-corrected chi connectivity index (χ2v) is 6.83. The molecule has 1 N–H and O–H groups in total. The van der Waals surface area contributed by atoms with Gasteiger partial charge >= 0.3 is 0 Å². The van der Waals surface area contributed by atoms with Crippen LogP contribution in [0.5, 0.6) is 0 Å². The zero-order chi connectivity index (χ0) is 15.3. The van der Waals surface area contributed by atoms with Gasteiger partial charge in [-0.2, -0.15) is 9.57 Å². The molecule has 0 bridgehead atoms. The third-order valence-corrected chi connectivity index (χ3v) is 5.26. The van der Waals surface area contributed by atoms with Crippen molar-refractivity contribution in [3.05, 3.63) is 29.8 Å². The van der Waals surface area contributed by atoms with E-state index in [-0.39, 0.29) is 17.4 Å². The number of sulfonamides is 1. The smallest absolute Gasteiger partial charge is 0.243 e. The highest BCUT2D eigenvalue weighted by molar-refractivity contribution is 7.89. The highest BCUT2D eigenvalue weighted by Crippen LogP contribution is 2.19. The van der Waals surface area contributed by atoms with Crippen LogP contribution in [0.1, 0.15) is 5.56 Å². The van der Waals surface area contributed by atoms with E-state index in [1.54, 1.807) is 24.3 Å². The molecule has 0 spiro atoms. The molecule has 0 amide bonds. The lowest BCUT2D eigenvalue weighted by Gasteiger charge is -2.32. The third kappa shape index (κ3) is 3.80. The summed E-state index contributed by atoms with van der Waals surface area (Å²) in [5.41, 5.74) is 0.812. The Morgan fingerprint density at radius 1 is 1.43 bits per heavy atom. The first-order chi connectivity index (χ1) is 10.1. The van der Waals surface area contributed by atoms with Crippen LogP contribution in [0.4, 0.5) is 0 Å². The first-order valence-electron chi connectivity index (χ1n) is 6.80. The lowest BCUT2D eigenvalue weighted by Crippen LogP contribution is -2.48. The molecule has 1 atom stereocenters. The lowest BCUT2D eigenvalue weighted by atomic mass is 10.2. The number of ether oxygens (including phenoxy) is 1. The number of benzene rings is 1. The van der Waals surface area contributed by atoms with Gasteiger partial charge in [0.05, 0.1) is 30.1 Å². The summed E-state index contributed by atoms with van der Waals surface area (Å²) < 4.78 is 32.2. The molecule has 21 heavy (non-hydrogen) atoms. The molecule has 1 aromatic rings. The van der Waals surface area contributed by atoms with Gasteiger partial charge in [-0.3, -0.25) is 0 Å². The second kappa shape index (κ2) is 7.00. The fraction of sp³-hybridized carbons (Fsp3) is 0.500. The lowest BCUT2D eigenvalue weighted by molar-refractivity contribution is 0.000824. The zero-order valence-electron chi connectivity index (χ0n) is 11.9. The molecule has 1 saturated heterocycles. The molecular formula is C14H19N3O3S. The summed E-state index contributed by atoms with van der Waals surface area (Å²) in [4.78, 5) is 0.259. The Bertz CT molecular complexity index is 605. The van der Waals surface area contributed by atoms with E-state index in [0.29, 0.717) is 26.2 Å². The van der Waals surface area contributed by atoms with E-state index in [1.165, 1.54) is 4.31 Å². The second-order valence-electron chi connectivity index (χ2n) is 4.89. The number of hydrogen-bond donors (Lipinski definition) is 1. The molecule has 0 aliphatic carbocycles. The van der Waals surface area contributed by atoms with E-state index in [9.17, 15) is 8.42 Å². The van der Waals surface area contributed by atoms with Crippen molar-refractivity contribution in [2.24, 2.45) is 0 Å². The van der Waals surface area contributed by atoms with E-state index < -0.39 is 10.0 Å². The van der Waals surface area contributed by atoms with Crippen LogP contribution in [0.15, 0.2) is 29.2 Å². The fourth-order valence-electron chi connectivity index (χ4n) is 2.28. The molecule has 7 heteroatoms. The minimum atomic E-state index is -3.50. The molecule has 1 unspecified atom stereocenters. The van der Waals surface area contributed by atoms with Gasteiger partial charge < -0.3 is 10.1 Å². The average molecular weight is 309 g/mol. The fourth-order valence-corrected chi connectivity index (χ4v) is 3.74. The highest BCUT2D eigenvalue weighted by Gasteiger charge is 2.30. The van der Waals surface area contributed by atoms with Crippen LogP contribution in [-0.2, 0) is 21.2 Å². The summed E-state index contributed by atoms with van der Waals surface area (Å²) in [5.74, 6) is 0. The average Bonchev–Trinajstić information content (AvgIpc) is 2.49. The van der Waals surface area contributed by atoms with Crippen molar-refractivity contribution in [2.45, 2.75) is 17.4 Å². The van der Waals surface area contributed by atoms with Gasteiger partial charge in [0, 0.05) is 19.6 Å². The quantitative estimate of drug-likeness (QED) is 0.849. The Morgan fingerprint density at radius 2 is 2.14 bits per heavy atom. The maximum atomic E-state index is 12.6. The summed E-state index contributed by atoms with van der Waals surface area (Å²) in [6, 6.07) is 8.53. The van der Waals surface area contributed by atoms with E-state index in [0.717, 1.165) is 5.56 Å². The monoisotopic (exact) mass is 309 g/mol. The first-order valence-corrected chi connectivity index (χ1v) is 8.24. The first kappa shape index (κ1) is 15.9. The van der Waals surface area contributed by atoms with Gasteiger partial charge in [0.1, 0.15) is 0 Å². The molecule has 0 radical (unpaired) electrons. The van der Waals surface area contributed by atoms with E-state index in [1.807, 2.05) is 13.1 Å². The molecular weight excluding hydrogens is 290 g/mol. The number of nitrogens with zero attached hydrogens (tertiary/aromatic N) is 2. The summed E-state index contributed by atoms with van der Waals surface area (Å²) in [6.45, 7) is 1.73. The minimum absolute atomic E-state index is 0.128. The van der Waals surface area contributed by atoms with Crippen molar-refractivity contribution in [2.75, 3.05) is 33.3 Å². The Labute approximate surface area is 125 Å². The molecule has 1 aliphatic rings. The molecule has 6 nitrogen and oxygen atoms in total. The van der Waals surface area contributed by atoms with Crippen molar-refractivity contribution < 1.29 is 13.2 Å². The SMILES string of the molecule is CNCC1CN(S(=O)(=O)c2ccc(CC#N)cc2)CCO1. The van der Waals surface area contributed by atoms with Crippen molar-refractivity contribution in [1.29, 1.82) is 5.26 Å². The number of hydrogen-bond acceptors (Lipinski definition) is 5. The Morgan fingerprint density at radius 3 is 2.76 bits per heavy atom. The molecule has 114 valence electrons. The van der Waals surface area contributed by atoms with Gasteiger partial charge in [-0.1, -0.05) is 12.1 Å². The number of likely N-dealkylation sites (N-methyl/N-ethyl adjacent to an activating group) is 1. The summed E-state index contributed by atoms with van der Waals surface area (Å²) in [6.07, 6.45) is 0.152. The third-order valence-electron chi connectivity index (χ3n) is 3.38. The Hall–Kier alpha value is -1.46. The van der Waals surface area contributed by atoms with Gasteiger partial charge in [0.25, 0.3) is 0 Å². The summed E-state index contributed by atoms with van der Waals surface area (Å²) in [5, 5.41) is 11.6. The van der Waals surface area contributed by atoms with Gasteiger partial charge in [-0.25, -0.2) is 8.42 Å². The predicted octanol–water partition coefficient (Wildman–Crippen LogP) is 0.362. The number of nitriles is 1. The van der Waals surface area contributed by atoms with Crippen LogP contribution in [-0.4, -0.2) is 52.1 Å². The van der Waals surface area contributed by atoms with Gasteiger partial charge in [-0.15, -0.1) is 0 Å². The van der Waals surface area contributed by atoms with Crippen LogP contribution in [0, 0.1) is 11.3 Å². The molecule has 1 heterocycles. The van der Waals surface area contributed by atoms with Crippen molar-refractivity contribution in [3.8, 4) is 6.07 Å². The summed E-state index contributed by atoms with van der Waals surface area (Å²) >= 11 is 0. The zero-order valence-corrected chi connectivity index (χ0v) is 12.8. The minimum Gasteiger partial charge on any atom is -0.374 e. The normalized spacial score (nSPS) is 20.1. The maximum absolute atomic E-state index is 12.6. The largest absolute Gasteiger partial charge is 0.374 e. The molecule has 1 aliphatic heterocycles. The standard InChI is InChI=1S/C14H19N3O3S/c1-16-10-13-11-17(8-9-20-13)21(18,19)14-4-2-12(3-5-14)6-7-15/h2-5,13,16H,6,8-11H2,1H3. The Balaban J connectivity index is 2.15. The van der Waals surface area contributed by atoms with Crippen LogP contribution in [0.3, 0.4) is 0 Å². The van der Waals surface area contributed by atoms with E-state index >= 15 is 0 Å². The number of nitrogens with one attached hydrogen (secondary N) is 1. The molecule has 0 aromatic heterocycles. The van der Waals surface area contributed by atoms with Gasteiger partial charge in [0.2, 0.25) is 10.0 Å². The van der Waals surface area contributed by atoms with Crippen LogP contribution in [0.25, 0.3) is 0 Å². The molecule has 0 saturated carbocycles. The van der Waals surface area contributed by atoms with Gasteiger partial charge in [-0.05, 0) is 24.7 Å². The van der Waals surface area contributed by atoms with Crippen molar-refractivity contribution in [1.82, 2.24) is 9.62 Å². The molecule has 1 fully saturated rings. The molecule has 1 aromatic carbocycles. The van der Waals surface area contributed by atoms with E-state index in [2.05, 4.69) is 5.32 Å².